The molecule has 0 saturated carbocycles. The molecule has 0 fully saturated rings. The zero-order chi connectivity index (χ0) is 22.8. The number of hydrogen-bond acceptors (Lipinski definition) is 5. The molecule has 1 rings (SSSR count). The van der Waals surface area contributed by atoms with Gasteiger partial charge in [-0.15, -0.1) is 0 Å². The molecular weight excluding hydrogens is 412 g/mol. The molecule has 0 aromatic rings. The number of unbranched alkanes of at least 4 members (excludes halogenated alkanes) is 2. The van der Waals surface area contributed by atoms with Crippen LogP contribution in [0.4, 0.5) is 0 Å². The molecule has 1 aliphatic rings. The highest BCUT2D eigenvalue weighted by Gasteiger charge is 2.23. The maximum Gasteiger partial charge on any atom is 0.305 e. The Bertz CT molecular complexity index is 626. The van der Waals surface area contributed by atoms with Crippen molar-refractivity contribution in [3.8, 4) is 0 Å². The quantitative estimate of drug-likeness (QED) is 0.189. The summed E-state index contributed by atoms with van der Waals surface area (Å²) in [6.07, 6.45) is 10.6. The average Bonchev–Trinajstić information content (AvgIpc) is 2.97. The van der Waals surface area contributed by atoms with Gasteiger partial charge in [0.1, 0.15) is 0 Å². The second-order valence-corrected chi connectivity index (χ2v) is 18.9. The highest BCUT2D eigenvalue weighted by Crippen LogP contribution is 2.28. The number of ketones is 1. The highest BCUT2D eigenvalue weighted by atomic mass is 28.4. The van der Waals surface area contributed by atoms with E-state index in [1.165, 1.54) is 7.11 Å². The molecule has 0 aliphatic heterocycles. The highest BCUT2D eigenvalue weighted by molar-refractivity contribution is 6.70. The lowest BCUT2D eigenvalue weighted by Gasteiger charge is -2.24. The molecule has 0 amide bonds. The molecule has 172 valence electrons. The summed E-state index contributed by atoms with van der Waals surface area (Å²) in [4.78, 5) is 23.7. The first-order valence-corrected chi connectivity index (χ1v) is 18.0. The number of ether oxygens (including phenoxy) is 1. The number of methoxy groups -OCH3 is 1. The molecule has 0 N–H and O–H groups in total. The number of esters is 1. The zero-order valence-corrected chi connectivity index (χ0v) is 22.1. The standard InChI is InChI=1S/C23H42O5Si2/c1-26-23(25)17-15-21-19(13-16-22(21)24)12-14-20(28-30(5,6)7)11-9-8-10-18-27-29(2,3)4/h12,14,20H,8-11,13,15-18H2,1-7H3/b14-12+. The molecule has 5 nitrogen and oxygen atoms in total. The van der Waals surface area contributed by atoms with E-state index in [1.54, 1.807) is 0 Å². The Labute approximate surface area is 185 Å². The van der Waals surface area contributed by atoms with E-state index in [4.69, 9.17) is 13.6 Å². The number of rotatable bonds is 14. The van der Waals surface area contributed by atoms with Crippen LogP contribution in [-0.4, -0.2) is 48.2 Å². The normalized spacial score (nSPS) is 16.6. The Hall–Kier alpha value is -1.03. The Morgan fingerprint density at radius 2 is 1.73 bits per heavy atom. The van der Waals surface area contributed by atoms with Crippen molar-refractivity contribution in [2.45, 2.75) is 96.8 Å². The van der Waals surface area contributed by atoms with E-state index in [1.807, 2.05) is 0 Å². The van der Waals surface area contributed by atoms with Gasteiger partial charge in [0.25, 0.3) is 0 Å². The molecule has 0 heterocycles. The number of carbonyl (C=O) groups excluding carboxylic acids is 2. The first-order chi connectivity index (χ1) is 13.9. The molecule has 1 atom stereocenters. The zero-order valence-electron chi connectivity index (χ0n) is 20.1. The van der Waals surface area contributed by atoms with E-state index in [0.29, 0.717) is 12.8 Å². The van der Waals surface area contributed by atoms with Gasteiger partial charge in [0, 0.05) is 19.4 Å². The van der Waals surface area contributed by atoms with Gasteiger partial charge in [-0.25, -0.2) is 0 Å². The van der Waals surface area contributed by atoms with Crippen LogP contribution in [0.5, 0.6) is 0 Å². The van der Waals surface area contributed by atoms with Crippen molar-refractivity contribution >= 4 is 28.4 Å². The third kappa shape index (κ3) is 12.0. The predicted molar refractivity (Wildman–Crippen MR) is 128 cm³/mol. The van der Waals surface area contributed by atoms with Crippen LogP contribution in [0.3, 0.4) is 0 Å². The molecule has 0 spiro atoms. The van der Waals surface area contributed by atoms with Crippen LogP contribution in [0, 0.1) is 0 Å². The second kappa shape index (κ2) is 12.7. The van der Waals surface area contributed by atoms with Gasteiger partial charge in [-0.3, -0.25) is 9.59 Å². The lowest BCUT2D eigenvalue weighted by atomic mass is 10.0. The molecule has 1 unspecified atom stereocenters. The largest absolute Gasteiger partial charge is 0.469 e. The van der Waals surface area contributed by atoms with Gasteiger partial charge in [0.05, 0.1) is 13.2 Å². The van der Waals surface area contributed by atoms with E-state index in [2.05, 4.69) is 51.4 Å². The fourth-order valence-corrected chi connectivity index (χ4v) is 5.28. The third-order valence-corrected chi connectivity index (χ3v) is 6.92. The number of Topliss-reactive ketones (excluding diaryl/α,β-unsaturated/α-hetero) is 1. The van der Waals surface area contributed by atoms with Crippen LogP contribution in [0.15, 0.2) is 23.3 Å². The van der Waals surface area contributed by atoms with Crippen molar-refractivity contribution in [2.75, 3.05) is 13.7 Å². The molecular formula is C23H42O5Si2. The van der Waals surface area contributed by atoms with Crippen molar-refractivity contribution in [1.82, 2.24) is 0 Å². The summed E-state index contributed by atoms with van der Waals surface area (Å²) in [7, 11) is -1.72. The smallest absolute Gasteiger partial charge is 0.305 e. The van der Waals surface area contributed by atoms with Gasteiger partial charge in [0.15, 0.2) is 22.4 Å². The summed E-state index contributed by atoms with van der Waals surface area (Å²) in [5, 5.41) is 0. The maximum atomic E-state index is 12.2. The molecule has 30 heavy (non-hydrogen) atoms. The number of hydrogen-bond donors (Lipinski definition) is 0. The second-order valence-electron chi connectivity index (χ2n) is 9.94. The van der Waals surface area contributed by atoms with E-state index in [0.717, 1.165) is 49.9 Å². The molecule has 0 radical (unpaired) electrons. The summed E-state index contributed by atoms with van der Waals surface area (Å²) < 4.78 is 17.0. The Kier molecular flexibility index (Phi) is 11.5. The van der Waals surface area contributed by atoms with Crippen molar-refractivity contribution in [2.24, 2.45) is 0 Å². The van der Waals surface area contributed by atoms with E-state index >= 15 is 0 Å². The first-order valence-electron chi connectivity index (χ1n) is 11.2. The molecule has 0 aromatic carbocycles. The van der Waals surface area contributed by atoms with Crippen LogP contribution >= 0.6 is 0 Å². The third-order valence-electron chi connectivity index (χ3n) is 4.84. The summed E-state index contributed by atoms with van der Waals surface area (Å²) in [6.45, 7) is 14.1. The topological polar surface area (TPSA) is 61.8 Å². The molecule has 0 saturated heterocycles. The summed E-state index contributed by atoms with van der Waals surface area (Å²) in [6, 6.07) is 0. The van der Waals surface area contributed by atoms with Gasteiger partial charge < -0.3 is 13.6 Å². The van der Waals surface area contributed by atoms with Crippen molar-refractivity contribution in [3.05, 3.63) is 23.3 Å². The van der Waals surface area contributed by atoms with Crippen LogP contribution in [0.2, 0.25) is 39.3 Å². The number of allylic oxidation sites excluding steroid dienone is 3. The maximum absolute atomic E-state index is 12.2. The average molecular weight is 455 g/mol. The van der Waals surface area contributed by atoms with E-state index in [9.17, 15) is 9.59 Å². The summed E-state index contributed by atoms with van der Waals surface area (Å²) in [5.41, 5.74) is 1.84. The van der Waals surface area contributed by atoms with Crippen LogP contribution in [0.25, 0.3) is 0 Å². The van der Waals surface area contributed by atoms with Gasteiger partial charge >= 0.3 is 5.97 Å². The molecule has 0 bridgehead atoms. The fraction of sp³-hybridized carbons (Fsp3) is 0.739. The minimum Gasteiger partial charge on any atom is -0.469 e. The van der Waals surface area contributed by atoms with Crippen LogP contribution in [0.1, 0.15) is 51.4 Å². The summed E-state index contributed by atoms with van der Waals surface area (Å²) in [5.74, 6) is -0.118. The van der Waals surface area contributed by atoms with Crippen molar-refractivity contribution in [3.63, 3.8) is 0 Å². The lowest BCUT2D eigenvalue weighted by Crippen LogP contribution is -2.31. The van der Waals surface area contributed by atoms with E-state index in [-0.39, 0.29) is 24.3 Å². The lowest BCUT2D eigenvalue weighted by molar-refractivity contribution is -0.140. The van der Waals surface area contributed by atoms with Gasteiger partial charge in [-0.1, -0.05) is 25.0 Å². The van der Waals surface area contributed by atoms with Gasteiger partial charge in [-0.2, -0.15) is 0 Å². The first kappa shape index (κ1) is 27.0. The van der Waals surface area contributed by atoms with Gasteiger partial charge in [-0.05, 0) is 76.1 Å². The van der Waals surface area contributed by atoms with Crippen molar-refractivity contribution in [1.29, 1.82) is 0 Å². The minimum absolute atomic E-state index is 0.0691. The Balaban J connectivity index is 2.66. The minimum atomic E-state index is -1.68. The van der Waals surface area contributed by atoms with Gasteiger partial charge in [0.2, 0.25) is 0 Å². The van der Waals surface area contributed by atoms with E-state index < -0.39 is 16.6 Å². The monoisotopic (exact) mass is 454 g/mol. The predicted octanol–water partition coefficient (Wildman–Crippen LogP) is 5.79. The SMILES string of the molecule is COC(=O)CCC1=C(/C=C/C(CCCCCO[Si](C)(C)C)O[Si](C)(C)C)CCC1=O. The Morgan fingerprint density at radius 3 is 2.33 bits per heavy atom. The summed E-state index contributed by atoms with van der Waals surface area (Å²) >= 11 is 0. The molecule has 1 aliphatic carbocycles. The fourth-order valence-electron chi connectivity index (χ4n) is 3.42. The van der Waals surface area contributed by atoms with Crippen molar-refractivity contribution < 1.29 is 23.2 Å². The Morgan fingerprint density at radius 1 is 1.03 bits per heavy atom. The molecule has 7 heteroatoms. The van der Waals surface area contributed by atoms with Crippen LogP contribution < -0.4 is 0 Å². The number of carbonyl (C=O) groups is 2. The molecule has 0 aromatic heterocycles. The van der Waals surface area contributed by atoms with Crippen LogP contribution in [-0.2, 0) is 23.2 Å².